The van der Waals surface area contributed by atoms with Crippen LogP contribution in [0.15, 0.2) is 12.2 Å². The van der Waals surface area contributed by atoms with Crippen LogP contribution in [-0.2, 0) is 9.53 Å². The molecule has 1 fully saturated rings. The molecular formula is C10H17NO3. The summed E-state index contributed by atoms with van der Waals surface area (Å²) >= 11 is 0. The number of carboxylic acids is 1. The second-order valence-corrected chi connectivity index (χ2v) is 3.87. The van der Waals surface area contributed by atoms with Gasteiger partial charge in [0.05, 0.1) is 5.60 Å². The molecule has 0 saturated carbocycles. The van der Waals surface area contributed by atoms with E-state index in [1.807, 2.05) is 19.9 Å². The van der Waals surface area contributed by atoms with Crippen molar-refractivity contribution in [2.45, 2.75) is 19.4 Å². The van der Waals surface area contributed by atoms with Gasteiger partial charge in [0.1, 0.15) is 6.61 Å². The molecule has 0 amide bonds. The van der Waals surface area contributed by atoms with Crippen LogP contribution in [0.1, 0.15) is 13.8 Å². The Hall–Kier alpha value is -0.870. The summed E-state index contributed by atoms with van der Waals surface area (Å²) in [4.78, 5) is 12.5. The summed E-state index contributed by atoms with van der Waals surface area (Å²) in [6.07, 6.45) is 4.09. The van der Waals surface area contributed by atoms with Gasteiger partial charge >= 0.3 is 5.97 Å². The van der Waals surface area contributed by atoms with Crippen molar-refractivity contribution in [1.82, 2.24) is 4.90 Å². The van der Waals surface area contributed by atoms with Crippen LogP contribution in [0.2, 0.25) is 0 Å². The molecule has 80 valence electrons. The van der Waals surface area contributed by atoms with Crippen molar-refractivity contribution < 1.29 is 14.6 Å². The normalized spacial score (nSPS) is 21.0. The molecule has 4 nitrogen and oxygen atoms in total. The number of hydrogen-bond donors (Lipinski definition) is 1. The van der Waals surface area contributed by atoms with Crippen molar-refractivity contribution in [3.8, 4) is 0 Å². The maximum atomic E-state index is 10.3. The van der Waals surface area contributed by atoms with Crippen molar-refractivity contribution in [1.29, 1.82) is 0 Å². The van der Waals surface area contributed by atoms with E-state index in [4.69, 9.17) is 9.84 Å². The second kappa shape index (κ2) is 4.57. The zero-order chi connectivity index (χ0) is 10.6. The van der Waals surface area contributed by atoms with Gasteiger partial charge in [0.2, 0.25) is 0 Å². The third-order valence-electron chi connectivity index (χ3n) is 2.26. The highest BCUT2D eigenvalue weighted by Crippen LogP contribution is 2.23. The first-order valence-corrected chi connectivity index (χ1v) is 4.75. The van der Waals surface area contributed by atoms with Gasteiger partial charge in [0, 0.05) is 19.6 Å². The minimum atomic E-state index is -0.905. The first-order valence-electron chi connectivity index (χ1n) is 4.75. The zero-order valence-electron chi connectivity index (χ0n) is 8.69. The standard InChI is InChI=1S/C10H17NO3/c1-3-4-5-11-7-10(2,8-11)14-6-9(12)13/h3-4H,5-8H2,1-2H3,(H,12,13)/b4-3+. The number of rotatable bonds is 5. The number of hydrogen-bond acceptors (Lipinski definition) is 3. The molecule has 1 aliphatic rings. The van der Waals surface area contributed by atoms with Gasteiger partial charge in [-0.3, -0.25) is 4.90 Å². The second-order valence-electron chi connectivity index (χ2n) is 3.87. The van der Waals surface area contributed by atoms with Crippen LogP contribution < -0.4 is 0 Å². The van der Waals surface area contributed by atoms with Crippen LogP contribution in [0, 0.1) is 0 Å². The lowest BCUT2D eigenvalue weighted by Crippen LogP contribution is -2.61. The van der Waals surface area contributed by atoms with Crippen molar-refractivity contribution in [3.05, 3.63) is 12.2 Å². The summed E-state index contributed by atoms with van der Waals surface area (Å²) < 4.78 is 5.27. The predicted octanol–water partition coefficient (Wildman–Crippen LogP) is 0.738. The Morgan fingerprint density at radius 2 is 2.29 bits per heavy atom. The van der Waals surface area contributed by atoms with Crippen LogP contribution in [-0.4, -0.2) is 47.8 Å². The Balaban J connectivity index is 2.20. The van der Waals surface area contributed by atoms with Crippen LogP contribution in [0.4, 0.5) is 0 Å². The Bertz CT molecular complexity index is 232. The average molecular weight is 199 g/mol. The highest BCUT2D eigenvalue weighted by atomic mass is 16.5. The molecule has 1 saturated heterocycles. The topological polar surface area (TPSA) is 49.8 Å². The van der Waals surface area contributed by atoms with E-state index in [1.54, 1.807) is 0 Å². The molecule has 0 unspecified atom stereocenters. The molecule has 0 radical (unpaired) electrons. The summed E-state index contributed by atoms with van der Waals surface area (Å²) in [6.45, 7) is 6.27. The zero-order valence-corrected chi connectivity index (χ0v) is 8.69. The largest absolute Gasteiger partial charge is 0.480 e. The van der Waals surface area contributed by atoms with Gasteiger partial charge in [-0.2, -0.15) is 0 Å². The smallest absolute Gasteiger partial charge is 0.329 e. The monoisotopic (exact) mass is 199 g/mol. The molecular weight excluding hydrogens is 182 g/mol. The highest BCUT2D eigenvalue weighted by Gasteiger charge is 2.39. The molecule has 14 heavy (non-hydrogen) atoms. The summed E-state index contributed by atoms with van der Waals surface area (Å²) in [7, 11) is 0. The third kappa shape index (κ3) is 3.12. The molecule has 1 aliphatic heterocycles. The first-order chi connectivity index (χ1) is 6.56. The average Bonchev–Trinajstić information content (AvgIpc) is 2.07. The highest BCUT2D eigenvalue weighted by molar-refractivity contribution is 5.68. The minimum absolute atomic E-state index is 0.200. The van der Waals surface area contributed by atoms with E-state index < -0.39 is 5.97 Å². The summed E-state index contributed by atoms with van der Waals surface area (Å²) in [5.74, 6) is -0.905. The maximum absolute atomic E-state index is 10.3. The van der Waals surface area contributed by atoms with E-state index in [2.05, 4.69) is 11.0 Å². The molecule has 0 aromatic heterocycles. The summed E-state index contributed by atoms with van der Waals surface area (Å²) in [5, 5.41) is 8.45. The SMILES string of the molecule is C/C=C/CN1CC(C)(OCC(=O)O)C1. The van der Waals surface area contributed by atoms with E-state index in [0.29, 0.717) is 0 Å². The van der Waals surface area contributed by atoms with Crippen molar-refractivity contribution in [2.24, 2.45) is 0 Å². The van der Waals surface area contributed by atoms with E-state index >= 15 is 0 Å². The lowest BCUT2D eigenvalue weighted by molar-refractivity contribution is -0.163. The number of likely N-dealkylation sites (tertiary alicyclic amines) is 1. The van der Waals surface area contributed by atoms with E-state index in [-0.39, 0.29) is 12.2 Å². The van der Waals surface area contributed by atoms with Crippen molar-refractivity contribution in [3.63, 3.8) is 0 Å². The Labute approximate surface area is 84.2 Å². The van der Waals surface area contributed by atoms with Gasteiger partial charge in [-0.15, -0.1) is 0 Å². The fourth-order valence-electron chi connectivity index (χ4n) is 1.61. The van der Waals surface area contributed by atoms with Crippen LogP contribution in [0.5, 0.6) is 0 Å². The fourth-order valence-corrected chi connectivity index (χ4v) is 1.61. The van der Waals surface area contributed by atoms with Crippen LogP contribution >= 0.6 is 0 Å². The lowest BCUT2D eigenvalue weighted by Gasteiger charge is -2.47. The van der Waals surface area contributed by atoms with Gasteiger partial charge in [0.15, 0.2) is 0 Å². The van der Waals surface area contributed by atoms with Gasteiger partial charge in [-0.1, -0.05) is 12.2 Å². The van der Waals surface area contributed by atoms with Crippen molar-refractivity contribution in [2.75, 3.05) is 26.2 Å². The number of ether oxygens (including phenoxy) is 1. The summed E-state index contributed by atoms with van der Waals surface area (Å²) in [5.41, 5.74) is -0.264. The van der Waals surface area contributed by atoms with E-state index in [1.165, 1.54) is 0 Å². The Kier molecular flexibility index (Phi) is 3.66. The molecule has 1 heterocycles. The van der Waals surface area contributed by atoms with Gasteiger partial charge in [0.25, 0.3) is 0 Å². The van der Waals surface area contributed by atoms with E-state index in [0.717, 1.165) is 19.6 Å². The van der Waals surface area contributed by atoms with Gasteiger partial charge < -0.3 is 9.84 Å². The summed E-state index contributed by atoms with van der Waals surface area (Å²) in [6, 6.07) is 0. The van der Waals surface area contributed by atoms with Crippen molar-refractivity contribution >= 4 is 5.97 Å². The molecule has 0 aromatic carbocycles. The predicted molar refractivity (Wildman–Crippen MR) is 53.2 cm³/mol. The molecule has 4 heteroatoms. The van der Waals surface area contributed by atoms with Crippen LogP contribution in [0.3, 0.4) is 0 Å². The maximum Gasteiger partial charge on any atom is 0.329 e. The van der Waals surface area contributed by atoms with Gasteiger partial charge in [-0.05, 0) is 13.8 Å². The molecule has 0 bridgehead atoms. The van der Waals surface area contributed by atoms with Crippen LogP contribution in [0.25, 0.3) is 0 Å². The number of carbonyl (C=O) groups is 1. The molecule has 0 spiro atoms. The number of aliphatic carboxylic acids is 1. The molecule has 0 aromatic rings. The van der Waals surface area contributed by atoms with Gasteiger partial charge in [-0.25, -0.2) is 4.79 Å². The number of allylic oxidation sites excluding steroid dienone is 1. The fraction of sp³-hybridized carbons (Fsp3) is 0.700. The van der Waals surface area contributed by atoms with E-state index in [9.17, 15) is 4.79 Å². The Morgan fingerprint density at radius 1 is 1.64 bits per heavy atom. The lowest BCUT2D eigenvalue weighted by atomic mass is 9.96. The molecule has 0 aliphatic carbocycles. The third-order valence-corrected chi connectivity index (χ3v) is 2.26. The number of nitrogens with zero attached hydrogens (tertiary/aromatic N) is 1. The quantitative estimate of drug-likeness (QED) is 0.663. The Morgan fingerprint density at radius 3 is 2.79 bits per heavy atom. The number of carboxylic acid groups (broad SMARTS) is 1. The first kappa shape index (κ1) is 11.2. The molecule has 1 N–H and O–H groups in total. The molecule has 0 atom stereocenters. The molecule has 1 rings (SSSR count). The minimum Gasteiger partial charge on any atom is -0.480 e.